The molecule has 2 amide bonds. The molecule has 4 atom stereocenters. The molecule has 4 aromatic heterocycles. The second-order valence-electron chi connectivity index (χ2n) is 25.4. The first-order chi connectivity index (χ1) is 38.5. The summed E-state index contributed by atoms with van der Waals surface area (Å²) in [5.74, 6) is -4.43. The van der Waals surface area contributed by atoms with E-state index in [-0.39, 0.29) is 39.6 Å². The Kier molecular flexibility index (Phi) is 23.1. The molecule has 84 heavy (non-hydrogen) atoms. The second-order valence-corrected chi connectivity index (χ2v) is 28.6. The molecule has 1 saturated carbocycles. The number of nitrogens with one attached hydrogen (secondary N) is 3. The van der Waals surface area contributed by atoms with Crippen molar-refractivity contribution in [3.8, 4) is 0 Å². The number of ether oxygens (including phenoxy) is 3. The van der Waals surface area contributed by atoms with E-state index in [4.69, 9.17) is 24.5 Å². The Hall–Kier alpha value is -6.93. The molecule has 0 spiro atoms. The van der Waals surface area contributed by atoms with E-state index in [2.05, 4.69) is 44.4 Å². The first-order valence-electron chi connectivity index (χ1n) is 27.4. The van der Waals surface area contributed by atoms with E-state index in [0.29, 0.717) is 48.5 Å². The third-order valence-corrected chi connectivity index (χ3v) is 16.0. The van der Waals surface area contributed by atoms with Crippen molar-refractivity contribution in [3.05, 3.63) is 95.1 Å². The average molecular weight is 1220 g/mol. The van der Waals surface area contributed by atoms with Gasteiger partial charge in [-0.25, -0.2) is 57.4 Å². The third kappa shape index (κ3) is 20.7. The van der Waals surface area contributed by atoms with Crippen LogP contribution >= 0.6 is 0 Å². The maximum absolute atomic E-state index is 14.5. The molecular weight excluding hydrogens is 1130 g/mol. The van der Waals surface area contributed by atoms with Crippen molar-refractivity contribution in [1.82, 2.24) is 29.6 Å². The molecule has 2 aliphatic rings. The highest BCUT2D eigenvalue weighted by Crippen LogP contribution is 2.43. The van der Waals surface area contributed by atoms with Crippen LogP contribution in [-0.2, 0) is 54.7 Å². The Balaban J connectivity index is 0.000000297. The number of rotatable bonds is 17. The van der Waals surface area contributed by atoms with Crippen LogP contribution in [0.4, 0.5) is 25.2 Å². The van der Waals surface area contributed by atoms with Gasteiger partial charge in [0.1, 0.15) is 34.9 Å². The molecule has 6 N–H and O–H groups in total. The SMILES string of the molecule is CC(C)(C)c1ccc(C(=O)O)c(F)n1.COC(=O)C(CC[C@@H]1CCC(C)(C)C1)Nc1cccc(S(=O)(=O)NC(=O)c2ccc(C(C)(C)C)nc2F)n1.COC(=O)C(CC[C@@H]1CN(C(=O)OC(C)(C)C)C(C)(C)C1)Nc1cccc(S(N)(=O)=O)n1. The number of nitrogens with zero attached hydrogens (tertiary/aromatic N) is 5. The van der Waals surface area contributed by atoms with Crippen molar-refractivity contribution < 1.29 is 68.9 Å². The van der Waals surface area contributed by atoms with Crippen molar-refractivity contribution in [2.24, 2.45) is 22.4 Å². The van der Waals surface area contributed by atoms with Gasteiger partial charge >= 0.3 is 24.0 Å². The highest BCUT2D eigenvalue weighted by molar-refractivity contribution is 7.90. The van der Waals surface area contributed by atoms with Gasteiger partial charge in [-0.05, 0) is 152 Å². The van der Waals surface area contributed by atoms with Gasteiger partial charge in [0.15, 0.2) is 10.1 Å². The van der Waals surface area contributed by atoms with Gasteiger partial charge in [0, 0.05) is 34.3 Å². The van der Waals surface area contributed by atoms with Crippen LogP contribution in [0.5, 0.6) is 0 Å². The number of carbonyl (C=O) groups is 5. The van der Waals surface area contributed by atoms with Crippen LogP contribution in [0.3, 0.4) is 0 Å². The molecule has 1 saturated heterocycles. The van der Waals surface area contributed by atoms with E-state index in [1.165, 1.54) is 68.8 Å². The number of nitrogens with two attached hydrogens (primary N) is 1. The van der Waals surface area contributed by atoms with Crippen molar-refractivity contribution in [1.29, 1.82) is 0 Å². The molecule has 26 heteroatoms. The minimum atomic E-state index is -4.45. The first kappa shape index (κ1) is 69.6. The molecule has 2 fully saturated rings. The molecule has 5 heterocycles. The monoisotopic (exact) mass is 1220 g/mol. The number of aromatic carboxylic acids is 1. The summed E-state index contributed by atoms with van der Waals surface area (Å²) in [6.45, 7) is 25.7. The minimum absolute atomic E-state index is 0.129. The Bertz CT molecular complexity index is 3240. The molecule has 0 aromatic carbocycles. The molecule has 1 aliphatic carbocycles. The fraction of sp³-hybridized carbons (Fsp3) is 0.569. The minimum Gasteiger partial charge on any atom is -0.478 e. The normalized spacial score (nSPS) is 17.4. The number of amides is 2. The van der Waals surface area contributed by atoms with Crippen molar-refractivity contribution in [3.63, 3.8) is 0 Å². The summed E-state index contributed by atoms with van der Waals surface area (Å²) in [5.41, 5.74) is -1.31. The number of anilines is 2. The summed E-state index contributed by atoms with van der Waals surface area (Å²) in [7, 11) is -5.84. The highest BCUT2D eigenvalue weighted by atomic mass is 32.2. The number of carboxylic acids is 1. The fourth-order valence-electron chi connectivity index (χ4n) is 9.55. The molecule has 464 valence electrons. The van der Waals surface area contributed by atoms with Crippen LogP contribution < -0.4 is 20.5 Å². The second kappa shape index (κ2) is 27.8. The van der Waals surface area contributed by atoms with Crippen molar-refractivity contribution in [2.45, 2.75) is 185 Å². The van der Waals surface area contributed by atoms with E-state index in [9.17, 15) is 49.6 Å². The Morgan fingerprint density at radius 2 is 1.15 bits per heavy atom. The summed E-state index contributed by atoms with van der Waals surface area (Å²) >= 11 is 0. The number of halogens is 2. The van der Waals surface area contributed by atoms with Crippen LogP contribution in [0.1, 0.15) is 173 Å². The zero-order chi connectivity index (χ0) is 63.6. The van der Waals surface area contributed by atoms with Gasteiger partial charge in [-0.15, -0.1) is 0 Å². The molecule has 4 aromatic rings. The van der Waals surface area contributed by atoms with E-state index >= 15 is 0 Å². The largest absolute Gasteiger partial charge is 0.478 e. The summed E-state index contributed by atoms with van der Waals surface area (Å²) < 4.78 is 93.7. The lowest BCUT2D eigenvalue weighted by Crippen LogP contribution is -2.45. The lowest BCUT2D eigenvalue weighted by Gasteiger charge is -2.33. The van der Waals surface area contributed by atoms with Gasteiger partial charge in [0.2, 0.25) is 11.9 Å². The van der Waals surface area contributed by atoms with Gasteiger partial charge in [0.05, 0.1) is 19.8 Å². The lowest BCUT2D eigenvalue weighted by molar-refractivity contribution is -0.142. The molecular formula is C58H83F2N9O13S2. The van der Waals surface area contributed by atoms with Gasteiger partial charge < -0.3 is 34.9 Å². The van der Waals surface area contributed by atoms with Crippen LogP contribution in [0.15, 0.2) is 70.7 Å². The molecule has 6 rings (SSSR count). The summed E-state index contributed by atoms with van der Waals surface area (Å²) in [6.07, 6.45) is 6.11. The van der Waals surface area contributed by atoms with Crippen LogP contribution in [0, 0.1) is 29.1 Å². The molecule has 0 radical (unpaired) electrons. The van der Waals surface area contributed by atoms with Crippen molar-refractivity contribution >= 4 is 61.6 Å². The van der Waals surface area contributed by atoms with Crippen molar-refractivity contribution in [2.75, 3.05) is 31.4 Å². The highest BCUT2D eigenvalue weighted by Gasteiger charge is 2.43. The molecule has 2 unspecified atom stereocenters. The van der Waals surface area contributed by atoms with E-state index in [0.717, 1.165) is 32.1 Å². The summed E-state index contributed by atoms with van der Waals surface area (Å²) in [6, 6.07) is 12.5. The lowest BCUT2D eigenvalue weighted by atomic mass is 9.89. The summed E-state index contributed by atoms with van der Waals surface area (Å²) in [5, 5.41) is 18.9. The van der Waals surface area contributed by atoms with E-state index in [1.807, 2.05) is 80.9 Å². The number of primary sulfonamides is 1. The number of carbonyl (C=O) groups excluding carboxylic acids is 4. The maximum Gasteiger partial charge on any atom is 0.410 e. The van der Waals surface area contributed by atoms with Gasteiger partial charge in [-0.1, -0.05) is 67.5 Å². The number of hydrogen-bond acceptors (Lipinski definition) is 18. The van der Waals surface area contributed by atoms with Crippen LogP contribution in [0.2, 0.25) is 0 Å². The topological polar surface area (TPSA) is 318 Å². The molecule has 22 nitrogen and oxygen atoms in total. The first-order valence-corrected chi connectivity index (χ1v) is 30.4. The van der Waals surface area contributed by atoms with Crippen LogP contribution in [-0.4, -0.2) is 121 Å². The quantitative estimate of drug-likeness (QED) is 0.0373. The predicted molar refractivity (Wildman–Crippen MR) is 311 cm³/mol. The Labute approximate surface area is 492 Å². The van der Waals surface area contributed by atoms with E-state index < -0.39 is 95.0 Å². The smallest absolute Gasteiger partial charge is 0.410 e. The van der Waals surface area contributed by atoms with E-state index in [1.54, 1.807) is 11.0 Å². The number of hydrogen-bond donors (Lipinski definition) is 5. The average Bonchev–Trinajstić information content (AvgIpc) is 3.55. The number of likely N-dealkylation sites (tertiary alicyclic amines) is 1. The van der Waals surface area contributed by atoms with Gasteiger partial charge in [-0.3, -0.25) is 4.79 Å². The third-order valence-electron chi connectivity index (χ3n) is 13.9. The number of sulfonamides is 2. The number of esters is 2. The number of carboxylic acid groups (broad SMARTS) is 1. The predicted octanol–water partition coefficient (Wildman–Crippen LogP) is 9.31. The molecule has 0 bridgehead atoms. The van der Waals surface area contributed by atoms with Gasteiger partial charge in [0.25, 0.3) is 26.0 Å². The fourth-order valence-corrected chi connectivity index (χ4v) is 11.0. The van der Waals surface area contributed by atoms with Gasteiger partial charge in [-0.2, -0.15) is 17.2 Å². The van der Waals surface area contributed by atoms with Crippen LogP contribution in [0.25, 0.3) is 0 Å². The molecule has 1 aliphatic heterocycles. The Morgan fingerprint density at radius 1 is 0.690 bits per heavy atom. The number of aromatic nitrogens is 4. The maximum atomic E-state index is 14.5. The number of pyridine rings is 4. The zero-order valence-corrected chi connectivity index (χ0v) is 52.3. The number of methoxy groups -OCH3 is 2. The Morgan fingerprint density at radius 3 is 1.57 bits per heavy atom. The zero-order valence-electron chi connectivity index (χ0n) is 50.7. The summed E-state index contributed by atoms with van der Waals surface area (Å²) in [4.78, 5) is 77.7. The standard InChI is InChI=1S/C27H37FN4O5S.C21H34N4O6S.C10H12FNO2/c1-26(2,3)20-13-11-18(23(28)30-20)24(33)32-38(35,36)22-9-7-8-21(31-22)29-19(25(34)37-6)12-10-17-14-15-27(4,5)16-17;1-20(2,3)31-19(27)25-13-14(12-21(25,4)5)10-11-15(18(26)30-6)23-16-8-7-9-17(24-16)32(22,28)29;1-10(2,3)7-5-4-6(9(13)14)8(11)12-7/h7-9,11,13,17,19H,10,12,14-16H2,1-6H3,(H,29,31)(H,32,33);7-9,14-15H,10-13H2,1-6H3,(H,23,24)(H2,22,28,29);4-5H,1-3H3,(H,13,14)/t17-,19?;14-,15?;/m10./s1.